The molecule has 0 spiro atoms. The molecule has 0 radical (unpaired) electrons. The Labute approximate surface area is 156 Å². The average molecular weight is 381 g/mol. The summed E-state index contributed by atoms with van der Waals surface area (Å²) in [7, 11) is 0. The summed E-state index contributed by atoms with van der Waals surface area (Å²) in [4.78, 5) is 26.9. The number of carbonyl (C=O) groups excluding carboxylic acids is 2. The van der Waals surface area contributed by atoms with E-state index in [4.69, 9.17) is 5.73 Å². The third-order valence-electron chi connectivity index (χ3n) is 3.99. The Morgan fingerprint density at radius 2 is 1.92 bits per heavy atom. The molecular weight excluding hydrogens is 360 g/mol. The SMILES string of the molecule is Cl.NCC1CCN(C(=O)c2ccc(NC(=O)Nc3ccccc3)s2)C1. The molecule has 0 saturated carbocycles. The van der Waals surface area contributed by atoms with Crippen molar-refractivity contribution in [2.24, 2.45) is 11.7 Å². The number of benzene rings is 1. The molecule has 3 rings (SSSR count). The van der Waals surface area contributed by atoms with Crippen molar-refractivity contribution < 1.29 is 9.59 Å². The average Bonchev–Trinajstić information content (AvgIpc) is 3.24. The number of urea groups is 1. The number of thiophene rings is 1. The van der Waals surface area contributed by atoms with Gasteiger partial charge in [0.25, 0.3) is 5.91 Å². The molecule has 6 nitrogen and oxygen atoms in total. The third-order valence-corrected chi connectivity index (χ3v) is 4.98. The number of anilines is 2. The molecule has 1 saturated heterocycles. The minimum absolute atomic E-state index is 0. The third kappa shape index (κ3) is 4.94. The maximum absolute atomic E-state index is 12.5. The van der Waals surface area contributed by atoms with Crippen molar-refractivity contribution in [2.75, 3.05) is 30.3 Å². The highest BCUT2D eigenvalue weighted by molar-refractivity contribution is 7.18. The molecular formula is C17H21ClN4O2S. The standard InChI is InChI=1S/C17H20N4O2S.ClH/c18-10-12-8-9-21(11-12)16(22)14-6-7-15(24-14)20-17(23)19-13-4-2-1-3-5-13;/h1-7,12H,8-11,18H2,(H2,19,20,23);1H. The Morgan fingerprint density at radius 3 is 2.60 bits per heavy atom. The van der Waals surface area contributed by atoms with Gasteiger partial charge in [0.1, 0.15) is 0 Å². The zero-order valence-electron chi connectivity index (χ0n) is 13.6. The number of halogens is 1. The van der Waals surface area contributed by atoms with Crippen molar-refractivity contribution in [3.8, 4) is 0 Å². The molecule has 0 bridgehead atoms. The van der Waals surface area contributed by atoms with Crippen LogP contribution in [0.25, 0.3) is 0 Å². The Morgan fingerprint density at radius 1 is 1.16 bits per heavy atom. The predicted octanol–water partition coefficient (Wildman–Crippen LogP) is 3.23. The summed E-state index contributed by atoms with van der Waals surface area (Å²) in [5.74, 6) is 0.399. The number of nitrogens with zero attached hydrogens (tertiary/aromatic N) is 1. The summed E-state index contributed by atoms with van der Waals surface area (Å²) < 4.78 is 0. The van der Waals surface area contributed by atoms with E-state index < -0.39 is 0 Å². The van der Waals surface area contributed by atoms with Gasteiger partial charge in [-0.25, -0.2) is 4.79 Å². The molecule has 2 aromatic rings. The number of nitrogens with one attached hydrogen (secondary N) is 2. The number of rotatable bonds is 4. The lowest BCUT2D eigenvalue weighted by molar-refractivity contribution is 0.0792. The van der Waals surface area contributed by atoms with Crippen LogP contribution >= 0.6 is 23.7 Å². The molecule has 1 aromatic carbocycles. The summed E-state index contributed by atoms with van der Waals surface area (Å²) in [6.07, 6.45) is 0.957. The van der Waals surface area contributed by atoms with Crippen LogP contribution in [0.4, 0.5) is 15.5 Å². The van der Waals surface area contributed by atoms with Crippen LogP contribution in [0.5, 0.6) is 0 Å². The van der Waals surface area contributed by atoms with Gasteiger partial charge in [-0.15, -0.1) is 23.7 Å². The highest BCUT2D eigenvalue weighted by atomic mass is 35.5. The highest BCUT2D eigenvalue weighted by Crippen LogP contribution is 2.26. The van der Waals surface area contributed by atoms with Crippen LogP contribution in [-0.2, 0) is 0 Å². The number of likely N-dealkylation sites (tertiary alicyclic amines) is 1. The van der Waals surface area contributed by atoms with Crippen LogP contribution in [0, 0.1) is 5.92 Å². The Balaban J connectivity index is 0.00000225. The number of para-hydroxylation sites is 1. The van der Waals surface area contributed by atoms with Gasteiger partial charge in [0, 0.05) is 18.8 Å². The zero-order chi connectivity index (χ0) is 16.9. The molecule has 25 heavy (non-hydrogen) atoms. The Bertz CT molecular complexity index is 722. The van der Waals surface area contributed by atoms with Crippen molar-refractivity contribution in [2.45, 2.75) is 6.42 Å². The smallest absolute Gasteiger partial charge is 0.324 e. The second-order valence-corrected chi connectivity index (χ2v) is 6.83. The monoisotopic (exact) mass is 380 g/mol. The summed E-state index contributed by atoms with van der Waals surface area (Å²) in [5.41, 5.74) is 6.38. The molecule has 3 amide bonds. The van der Waals surface area contributed by atoms with Crippen LogP contribution in [-0.4, -0.2) is 36.5 Å². The first-order chi connectivity index (χ1) is 11.7. The van der Waals surface area contributed by atoms with Gasteiger partial charge in [-0.1, -0.05) is 18.2 Å². The van der Waals surface area contributed by atoms with E-state index in [2.05, 4.69) is 10.6 Å². The van der Waals surface area contributed by atoms with E-state index in [1.54, 1.807) is 12.1 Å². The topological polar surface area (TPSA) is 87.5 Å². The van der Waals surface area contributed by atoms with E-state index in [1.807, 2.05) is 35.2 Å². The van der Waals surface area contributed by atoms with Crippen LogP contribution in [0.2, 0.25) is 0 Å². The molecule has 1 fully saturated rings. The minimum atomic E-state index is -0.327. The fourth-order valence-electron chi connectivity index (χ4n) is 2.68. The maximum atomic E-state index is 12.5. The van der Waals surface area contributed by atoms with Gasteiger partial charge >= 0.3 is 6.03 Å². The summed E-state index contributed by atoms with van der Waals surface area (Å²) in [6.45, 7) is 2.07. The first-order valence-electron chi connectivity index (χ1n) is 7.88. The van der Waals surface area contributed by atoms with Gasteiger partial charge < -0.3 is 16.0 Å². The van der Waals surface area contributed by atoms with E-state index >= 15 is 0 Å². The first kappa shape index (κ1) is 19.2. The van der Waals surface area contributed by atoms with Gasteiger partial charge in [-0.2, -0.15) is 0 Å². The summed E-state index contributed by atoms with van der Waals surface area (Å²) in [6, 6.07) is 12.4. The molecule has 2 heterocycles. The van der Waals surface area contributed by atoms with E-state index in [-0.39, 0.29) is 24.3 Å². The van der Waals surface area contributed by atoms with Crippen molar-refractivity contribution in [3.63, 3.8) is 0 Å². The van der Waals surface area contributed by atoms with Gasteiger partial charge in [-0.05, 0) is 43.1 Å². The second kappa shape index (κ2) is 8.84. The normalized spacial score (nSPS) is 16.2. The Kier molecular flexibility index (Phi) is 6.81. The molecule has 1 aliphatic rings. The van der Waals surface area contributed by atoms with Crippen LogP contribution in [0.1, 0.15) is 16.1 Å². The molecule has 4 N–H and O–H groups in total. The summed E-state index contributed by atoms with van der Waals surface area (Å²) in [5, 5.41) is 6.14. The van der Waals surface area contributed by atoms with Gasteiger partial charge in [0.05, 0.1) is 9.88 Å². The lowest BCUT2D eigenvalue weighted by Gasteiger charge is -2.14. The largest absolute Gasteiger partial charge is 0.338 e. The quantitative estimate of drug-likeness (QED) is 0.760. The van der Waals surface area contributed by atoms with Crippen molar-refractivity contribution in [3.05, 3.63) is 47.3 Å². The van der Waals surface area contributed by atoms with Gasteiger partial charge in [0.15, 0.2) is 0 Å². The van der Waals surface area contributed by atoms with E-state index in [0.29, 0.717) is 34.6 Å². The Hall–Kier alpha value is -2.09. The molecule has 1 aliphatic heterocycles. The zero-order valence-corrected chi connectivity index (χ0v) is 15.2. The fraction of sp³-hybridized carbons (Fsp3) is 0.294. The second-order valence-electron chi connectivity index (χ2n) is 5.75. The number of hydrogen-bond donors (Lipinski definition) is 3. The van der Waals surface area contributed by atoms with E-state index in [9.17, 15) is 9.59 Å². The molecule has 1 atom stereocenters. The van der Waals surface area contributed by atoms with Crippen molar-refractivity contribution in [1.29, 1.82) is 0 Å². The molecule has 1 aromatic heterocycles. The van der Waals surface area contributed by atoms with Gasteiger partial charge in [-0.3, -0.25) is 10.1 Å². The molecule has 134 valence electrons. The maximum Gasteiger partial charge on any atom is 0.324 e. The lowest BCUT2D eigenvalue weighted by atomic mass is 10.1. The van der Waals surface area contributed by atoms with Crippen molar-refractivity contribution in [1.82, 2.24) is 4.90 Å². The first-order valence-corrected chi connectivity index (χ1v) is 8.69. The van der Waals surface area contributed by atoms with Crippen LogP contribution in [0.3, 0.4) is 0 Å². The predicted molar refractivity (Wildman–Crippen MR) is 104 cm³/mol. The number of amides is 3. The number of hydrogen-bond acceptors (Lipinski definition) is 4. The fourth-order valence-corrected chi connectivity index (χ4v) is 3.55. The van der Waals surface area contributed by atoms with Crippen LogP contribution < -0.4 is 16.4 Å². The van der Waals surface area contributed by atoms with Gasteiger partial charge in [0.2, 0.25) is 0 Å². The number of nitrogens with two attached hydrogens (primary N) is 1. The molecule has 8 heteroatoms. The summed E-state index contributed by atoms with van der Waals surface area (Å²) >= 11 is 1.28. The molecule has 0 aliphatic carbocycles. The highest BCUT2D eigenvalue weighted by Gasteiger charge is 2.26. The lowest BCUT2D eigenvalue weighted by Crippen LogP contribution is -2.29. The van der Waals surface area contributed by atoms with E-state index in [1.165, 1.54) is 11.3 Å². The molecule has 1 unspecified atom stereocenters. The van der Waals surface area contributed by atoms with E-state index in [0.717, 1.165) is 13.0 Å². The number of carbonyl (C=O) groups is 2. The van der Waals surface area contributed by atoms with Crippen LogP contribution in [0.15, 0.2) is 42.5 Å². The van der Waals surface area contributed by atoms with Crippen molar-refractivity contribution >= 4 is 46.4 Å². The minimum Gasteiger partial charge on any atom is -0.338 e.